The van der Waals surface area contributed by atoms with E-state index >= 15 is 0 Å². The zero-order chi connectivity index (χ0) is 17.2. The van der Waals surface area contributed by atoms with E-state index in [9.17, 15) is 4.39 Å². The molecule has 0 radical (unpaired) electrons. The van der Waals surface area contributed by atoms with Crippen molar-refractivity contribution in [2.45, 2.75) is 24.4 Å². The third-order valence-corrected chi connectivity index (χ3v) is 4.80. The lowest BCUT2D eigenvalue weighted by atomic mass is 10.2. The quantitative estimate of drug-likeness (QED) is 0.493. The summed E-state index contributed by atoms with van der Waals surface area (Å²) in [4.78, 5) is 9.05. The maximum absolute atomic E-state index is 13.0. The van der Waals surface area contributed by atoms with Crippen molar-refractivity contribution in [3.8, 4) is 11.5 Å². The molecule has 25 heavy (non-hydrogen) atoms. The second kappa shape index (κ2) is 6.68. The zero-order valence-corrected chi connectivity index (χ0v) is 14.3. The number of thioether (sulfide) groups is 1. The first-order chi connectivity index (χ1) is 12.2. The van der Waals surface area contributed by atoms with Gasteiger partial charge in [0.2, 0.25) is 0 Å². The summed E-state index contributed by atoms with van der Waals surface area (Å²) in [6.07, 6.45) is 0. The van der Waals surface area contributed by atoms with E-state index in [0.717, 1.165) is 22.7 Å². The fraction of sp³-hybridized carbons (Fsp3) is 0.167. The molecule has 0 N–H and O–H groups in total. The SMILES string of the molecule is CCn1c(SCc2noc(-c3ccc(F)cc3)n2)nc2ccccc21. The lowest BCUT2D eigenvalue weighted by Gasteiger charge is -2.03. The van der Waals surface area contributed by atoms with E-state index < -0.39 is 0 Å². The molecule has 0 bridgehead atoms. The molecule has 0 aliphatic rings. The van der Waals surface area contributed by atoms with Crippen molar-refractivity contribution in [3.05, 3.63) is 60.2 Å². The van der Waals surface area contributed by atoms with Gasteiger partial charge in [0, 0.05) is 12.1 Å². The Kier molecular flexibility index (Phi) is 4.23. The second-order valence-electron chi connectivity index (χ2n) is 5.44. The molecule has 0 saturated heterocycles. The van der Waals surface area contributed by atoms with Crippen LogP contribution in [0.2, 0.25) is 0 Å². The van der Waals surface area contributed by atoms with E-state index in [1.807, 2.05) is 18.2 Å². The number of fused-ring (bicyclic) bond motifs is 1. The number of hydrogen-bond acceptors (Lipinski definition) is 5. The average Bonchev–Trinajstić information content (AvgIpc) is 3.24. The van der Waals surface area contributed by atoms with Crippen molar-refractivity contribution in [1.82, 2.24) is 19.7 Å². The van der Waals surface area contributed by atoms with Gasteiger partial charge in [-0.1, -0.05) is 29.1 Å². The molecule has 2 heterocycles. The van der Waals surface area contributed by atoms with Crippen LogP contribution < -0.4 is 0 Å². The topological polar surface area (TPSA) is 56.7 Å². The summed E-state index contributed by atoms with van der Waals surface area (Å²) in [5.41, 5.74) is 2.80. The number of nitrogens with zero attached hydrogens (tertiary/aromatic N) is 4. The summed E-state index contributed by atoms with van der Waals surface area (Å²) in [6.45, 7) is 2.94. The van der Waals surface area contributed by atoms with Crippen molar-refractivity contribution in [1.29, 1.82) is 0 Å². The van der Waals surface area contributed by atoms with Crippen LogP contribution in [0.3, 0.4) is 0 Å². The Balaban J connectivity index is 1.53. The van der Waals surface area contributed by atoms with E-state index in [0.29, 0.717) is 23.0 Å². The first kappa shape index (κ1) is 15.8. The minimum Gasteiger partial charge on any atom is -0.334 e. The molecule has 4 rings (SSSR count). The van der Waals surface area contributed by atoms with Crippen LogP contribution in [-0.2, 0) is 12.3 Å². The van der Waals surface area contributed by atoms with Crippen LogP contribution in [0.25, 0.3) is 22.5 Å². The molecule has 7 heteroatoms. The molecule has 4 aromatic rings. The first-order valence-electron chi connectivity index (χ1n) is 7.91. The van der Waals surface area contributed by atoms with E-state index in [4.69, 9.17) is 4.52 Å². The molecule has 0 amide bonds. The molecule has 2 aromatic heterocycles. The number of imidazole rings is 1. The number of halogens is 1. The molecular formula is C18H15FN4OS. The van der Waals surface area contributed by atoms with Crippen molar-refractivity contribution in [3.63, 3.8) is 0 Å². The van der Waals surface area contributed by atoms with Crippen LogP contribution in [0.15, 0.2) is 58.2 Å². The van der Waals surface area contributed by atoms with Gasteiger partial charge in [0.1, 0.15) is 5.82 Å². The van der Waals surface area contributed by atoms with Crippen molar-refractivity contribution >= 4 is 22.8 Å². The lowest BCUT2D eigenvalue weighted by molar-refractivity contribution is 0.425. The Bertz CT molecular complexity index is 1010. The Morgan fingerprint density at radius 2 is 1.88 bits per heavy atom. The summed E-state index contributed by atoms with van der Waals surface area (Å²) in [6, 6.07) is 14.1. The van der Waals surface area contributed by atoms with Gasteiger partial charge in [0.25, 0.3) is 5.89 Å². The normalized spacial score (nSPS) is 11.3. The fourth-order valence-electron chi connectivity index (χ4n) is 2.62. The maximum atomic E-state index is 13.0. The van der Waals surface area contributed by atoms with Crippen LogP contribution in [0.4, 0.5) is 4.39 Å². The van der Waals surface area contributed by atoms with Gasteiger partial charge in [-0.2, -0.15) is 4.98 Å². The molecule has 0 aliphatic heterocycles. The van der Waals surface area contributed by atoms with Gasteiger partial charge in [-0.25, -0.2) is 9.37 Å². The summed E-state index contributed by atoms with van der Waals surface area (Å²) < 4.78 is 20.4. The molecule has 0 fully saturated rings. The average molecular weight is 354 g/mol. The number of benzene rings is 2. The lowest BCUT2D eigenvalue weighted by Crippen LogP contribution is -1.96. The first-order valence-corrected chi connectivity index (χ1v) is 8.89. The third kappa shape index (κ3) is 3.15. The van der Waals surface area contributed by atoms with Gasteiger partial charge in [0.15, 0.2) is 11.0 Å². The summed E-state index contributed by atoms with van der Waals surface area (Å²) in [5.74, 6) is 1.23. The molecule has 0 atom stereocenters. The summed E-state index contributed by atoms with van der Waals surface area (Å²) >= 11 is 1.57. The van der Waals surface area contributed by atoms with Crippen LogP contribution in [-0.4, -0.2) is 19.7 Å². The molecule has 0 saturated carbocycles. The van der Waals surface area contributed by atoms with Gasteiger partial charge in [-0.3, -0.25) is 0 Å². The molecule has 0 aliphatic carbocycles. The van der Waals surface area contributed by atoms with E-state index in [-0.39, 0.29) is 5.82 Å². The highest BCUT2D eigenvalue weighted by atomic mass is 32.2. The monoisotopic (exact) mass is 354 g/mol. The smallest absolute Gasteiger partial charge is 0.257 e. The van der Waals surface area contributed by atoms with Crippen LogP contribution >= 0.6 is 11.8 Å². The molecular weight excluding hydrogens is 339 g/mol. The molecule has 5 nitrogen and oxygen atoms in total. The van der Waals surface area contributed by atoms with E-state index in [2.05, 4.69) is 32.7 Å². The molecule has 2 aromatic carbocycles. The second-order valence-corrected chi connectivity index (χ2v) is 6.38. The standard InChI is InChI=1S/C18H15FN4OS/c1-2-23-15-6-4-3-5-14(15)20-18(23)25-11-16-21-17(24-22-16)12-7-9-13(19)10-8-12/h3-10H,2,11H2,1H3. The third-order valence-electron chi connectivity index (χ3n) is 3.83. The number of para-hydroxylation sites is 2. The van der Waals surface area contributed by atoms with Crippen molar-refractivity contribution in [2.24, 2.45) is 0 Å². The van der Waals surface area contributed by atoms with Crippen LogP contribution in [0.1, 0.15) is 12.7 Å². The van der Waals surface area contributed by atoms with E-state index in [1.54, 1.807) is 23.9 Å². The highest BCUT2D eigenvalue weighted by Gasteiger charge is 2.13. The van der Waals surface area contributed by atoms with Gasteiger partial charge >= 0.3 is 0 Å². The largest absolute Gasteiger partial charge is 0.334 e. The number of hydrogen-bond donors (Lipinski definition) is 0. The number of aryl methyl sites for hydroxylation is 1. The van der Waals surface area contributed by atoms with E-state index in [1.165, 1.54) is 12.1 Å². The highest BCUT2D eigenvalue weighted by Crippen LogP contribution is 2.27. The van der Waals surface area contributed by atoms with Gasteiger partial charge in [0.05, 0.1) is 16.8 Å². The van der Waals surface area contributed by atoms with Gasteiger partial charge in [-0.15, -0.1) is 0 Å². The predicted molar refractivity (Wildman–Crippen MR) is 94.7 cm³/mol. The number of aromatic nitrogens is 4. The number of rotatable bonds is 5. The maximum Gasteiger partial charge on any atom is 0.257 e. The van der Waals surface area contributed by atoms with Gasteiger partial charge < -0.3 is 9.09 Å². The summed E-state index contributed by atoms with van der Waals surface area (Å²) in [7, 11) is 0. The van der Waals surface area contributed by atoms with Crippen LogP contribution in [0, 0.1) is 5.82 Å². The Hall–Kier alpha value is -2.67. The molecule has 126 valence electrons. The summed E-state index contributed by atoms with van der Waals surface area (Å²) in [5, 5.41) is 4.93. The Morgan fingerprint density at radius 1 is 1.08 bits per heavy atom. The zero-order valence-electron chi connectivity index (χ0n) is 13.5. The fourth-order valence-corrected chi connectivity index (χ4v) is 3.54. The molecule has 0 spiro atoms. The van der Waals surface area contributed by atoms with Crippen LogP contribution in [0.5, 0.6) is 0 Å². The van der Waals surface area contributed by atoms with Crippen molar-refractivity contribution < 1.29 is 8.91 Å². The minimum atomic E-state index is -0.294. The van der Waals surface area contributed by atoms with Crippen molar-refractivity contribution in [2.75, 3.05) is 0 Å². The Morgan fingerprint density at radius 3 is 2.68 bits per heavy atom. The predicted octanol–water partition coefficient (Wildman–Crippen LogP) is 4.54. The minimum absolute atomic E-state index is 0.294. The molecule has 0 unspecified atom stereocenters. The Labute approximate surface area is 147 Å². The van der Waals surface area contributed by atoms with Gasteiger partial charge in [-0.05, 0) is 43.3 Å². The highest BCUT2D eigenvalue weighted by molar-refractivity contribution is 7.98.